The van der Waals surface area contributed by atoms with Gasteiger partial charge in [0.25, 0.3) is 0 Å². The molecule has 0 aliphatic rings. The molecule has 0 saturated heterocycles. The fourth-order valence-corrected chi connectivity index (χ4v) is 0.290. The van der Waals surface area contributed by atoms with Gasteiger partial charge in [0.2, 0.25) is 0 Å². The zero-order chi connectivity index (χ0) is 9.82. The molecule has 1 radical (unpaired) electrons. The molecule has 0 aromatic rings. The van der Waals surface area contributed by atoms with E-state index in [1.54, 1.807) is 7.05 Å². The number of nitrogens with one attached hydrogen (secondary N) is 2. The number of hydrogen-bond acceptors (Lipinski definition) is 2. The van der Waals surface area contributed by atoms with E-state index in [0.717, 1.165) is 12.8 Å². The minimum absolute atomic E-state index is 0. The predicted octanol–water partition coefficient (Wildman–Crippen LogP) is 0.306. The van der Waals surface area contributed by atoms with Gasteiger partial charge in [-0.2, -0.15) is 12.8 Å². The second kappa shape index (κ2) is 18.2. The van der Waals surface area contributed by atoms with E-state index in [4.69, 9.17) is 5.73 Å². The van der Waals surface area contributed by atoms with Crippen LogP contribution in [0.3, 0.4) is 0 Å². The molecule has 0 spiro atoms. The van der Waals surface area contributed by atoms with Crippen LogP contribution in [0, 0.1) is 13.8 Å². The molecule has 0 fully saturated rings. The molecule has 0 bridgehead atoms. The van der Waals surface area contributed by atoms with Gasteiger partial charge < -0.3 is 30.2 Å². The molecular weight excluding hydrogens is 243 g/mol. The molecule has 0 heterocycles. The summed E-state index contributed by atoms with van der Waals surface area (Å²) in [4.78, 5) is 10.3. The Labute approximate surface area is 106 Å². The van der Waals surface area contributed by atoms with E-state index in [1.807, 2.05) is 0 Å². The van der Waals surface area contributed by atoms with Crippen molar-refractivity contribution >= 4 is 6.03 Å². The quantitative estimate of drug-likeness (QED) is 0.641. The predicted molar refractivity (Wildman–Crippen MR) is 51.5 cm³/mol. The van der Waals surface area contributed by atoms with E-state index >= 15 is 0 Å². The molecule has 13 heavy (non-hydrogen) atoms. The largest absolute Gasteiger partial charge is 0.342 e. The van der Waals surface area contributed by atoms with Crippen molar-refractivity contribution in [2.24, 2.45) is 5.73 Å². The van der Waals surface area contributed by atoms with E-state index in [9.17, 15) is 4.79 Å². The second-order valence-electron chi connectivity index (χ2n) is 2.00. The van der Waals surface area contributed by atoms with Crippen LogP contribution in [0.2, 0.25) is 0 Å². The number of hydrogen-bond donors (Lipinski definition) is 3. The first kappa shape index (κ1) is 19.0. The van der Waals surface area contributed by atoms with Crippen LogP contribution in [0.4, 0.5) is 4.79 Å². The molecule has 0 aromatic heterocycles. The first-order valence-electron chi connectivity index (χ1n) is 3.97. The standard InChI is InChI=1S/C5H11N2O.C3H8N.Y/c1-3-4-7-5(8)6-2;1-2-3-4;/h1,3-4H2,2H3,(H2,6,7,8);1-4H2;/q2*-1;. The van der Waals surface area contributed by atoms with Crippen LogP contribution in [0.25, 0.3) is 0 Å². The fraction of sp³-hybridized carbons (Fsp3) is 0.625. The maximum atomic E-state index is 10.3. The summed E-state index contributed by atoms with van der Waals surface area (Å²) >= 11 is 0. The number of rotatable bonds is 3. The van der Waals surface area contributed by atoms with Gasteiger partial charge in [-0.05, 0) is 13.1 Å². The van der Waals surface area contributed by atoms with Gasteiger partial charge in [0.1, 0.15) is 0 Å². The Hall–Kier alpha value is 0.334. The first-order chi connectivity index (χ1) is 5.72. The van der Waals surface area contributed by atoms with E-state index in [-0.39, 0.29) is 38.7 Å². The van der Waals surface area contributed by atoms with Crippen LogP contribution in [0.15, 0.2) is 0 Å². The molecule has 0 rings (SSSR count). The van der Waals surface area contributed by atoms with Gasteiger partial charge >= 0.3 is 6.03 Å². The van der Waals surface area contributed by atoms with Crippen molar-refractivity contribution in [3.05, 3.63) is 13.8 Å². The van der Waals surface area contributed by atoms with Crippen molar-refractivity contribution in [3.8, 4) is 0 Å². The van der Waals surface area contributed by atoms with Crippen LogP contribution in [-0.4, -0.2) is 26.2 Å². The normalized spacial score (nSPS) is 7.38. The minimum Gasteiger partial charge on any atom is -0.342 e. The Balaban J connectivity index is -0.000000173. The van der Waals surface area contributed by atoms with Crippen LogP contribution >= 0.6 is 0 Å². The summed E-state index contributed by atoms with van der Waals surface area (Å²) in [5.74, 6) is 0. The summed E-state index contributed by atoms with van der Waals surface area (Å²) in [5, 5.41) is 4.99. The molecule has 0 aliphatic carbocycles. The van der Waals surface area contributed by atoms with Gasteiger partial charge in [-0.25, -0.2) is 4.79 Å². The van der Waals surface area contributed by atoms with Crippen molar-refractivity contribution in [2.45, 2.75) is 12.8 Å². The Morgan fingerprint density at radius 1 is 1.38 bits per heavy atom. The molecule has 0 unspecified atom stereocenters. The van der Waals surface area contributed by atoms with Gasteiger partial charge in [-0.1, -0.05) is 0 Å². The number of carbonyl (C=O) groups is 1. The Bertz CT molecular complexity index is 99.4. The van der Waals surface area contributed by atoms with Crippen molar-refractivity contribution in [2.75, 3.05) is 20.1 Å². The summed E-state index contributed by atoms with van der Waals surface area (Å²) < 4.78 is 0. The van der Waals surface area contributed by atoms with Crippen molar-refractivity contribution in [1.82, 2.24) is 10.6 Å². The average Bonchev–Trinajstić information content (AvgIpc) is 2.14. The Morgan fingerprint density at radius 3 is 2.08 bits per heavy atom. The molecule has 0 saturated carbocycles. The molecule has 0 aromatic carbocycles. The first-order valence-corrected chi connectivity index (χ1v) is 3.97. The molecule has 5 heteroatoms. The van der Waals surface area contributed by atoms with Crippen LogP contribution in [-0.2, 0) is 32.7 Å². The maximum Gasteiger partial charge on any atom is 0.314 e. The van der Waals surface area contributed by atoms with E-state index in [2.05, 4.69) is 24.5 Å². The van der Waals surface area contributed by atoms with Crippen molar-refractivity contribution < 1.29 is 37.5 Å². The van der Waals surface area contributed by atoms with Crippen LogP contribution < -0.4 is 16.4 Å². The molecular formula is C8H19N3OY-2. The summed E-state index contributed by atoms with van der Waals surface area (Å²) in [5.41, 5.74) is 4.97. The summed E-state index contributed by atoms with van der Waals surface area (Å²) in [6.07, 6.45) is 1.58. The fourth-order valence-electron chi connectivity index (χ4n) is 0.290. The molecule has 4 nitrogen and oxygen atoms in total. The third-order valence-electron chi connectivity index (χ3n) is 0.894. The number of urea groups is 1. The number of nitrogens with two attached hydrogens (primary N) is 1. The smallest absolute Gasteiger partial charge is 0.314 e. The molecule has 0 atom stereocenters. The van der Waals surface area contributed by atoms with Crippen molar-refractivity contribution in [3.63, 3.8) is 0 Å². The number of carbonyl (C=O) groups excluding carboxylic acids is 1. The Morgan fingerprint density at radius 2 is 1.85 bits per heavy atom. The van der Waals surface area contributed by atoms with E-state index in [0.29, 0.717) is 13.1 Å². The summed E-state index contributed by atoms with van der Waals surface area (Å²) in [7, 11) is 1.58. The third kappa shape index (κ3) is 24.5. The minimum atomic E-state index is -0.145. The zero-order valence-electron chi connectivity index (χ0n) is 8.31. The monoisotopic (exact) mass is 262 g/mol. The van der Waals surface area contributed by atoms with E-state index < -0.39 is 0 Å². The zero-order valence-corrected chi connectivity index (χ0v) is 11.1. The topological polar surface area (TPSA) is 67.1 Å². The van der Waals surface area contributed by atoms with Crippen molar-refractivity contribution in [1.29, 1.82) is 0 Å². The van der Waals surface area contributed by atoms with Gasteiger partial charge in [-0.15, -0.1) is 0 Å². The number of amides is 2. The van der Waals surface area contributed by atoms with Gasteiger partial charge in [-0.3, -0.25) is 0 Å². The van der Waals surface area contributed by atoms with Gasteiger partial charge in [0.05, 0.1) is 0 Å². The third-order valence-corrected chi connectivity index (χ3v) is 0.894. The molecule has 77 valence electrons. The SMILES string of the molecule is [CH2-]CCN.[CH2-]CCNC(=O)NC.[Y]. The average molecular weight is 262 g/mol. The molecule has 4 N–H and O–H groups in total. The van der Waals surface area contributed by atoms with Gasteiger partial charge in [0, 0.05) is 39.8 Å². The molecule has 2 amide bonds. The van der Waals surface area contributed by atoms with Gasteiger partial charge in [0.15, 0.2) is 0 Å². The van der Waals surface area contributed by atoms with E-state index in [1.165, 1.54) is 0 Å². The summed E-state index contributed by atoms with van der Waals surface area (Å²) in [6.45, 7) is 8.38. The van der Waals surface area contributed by atoms with Crippen LogP contribution in [0.5, 0.6) is 0 Å². The van der Waals surface area contributed by atoms with Crippen LogP contribution in [0.1, 0.15) is 12.8 Å². The summed E-state index contributed by atoms with van der Waals surface area (Å²) in [6, 6.07) is -0.145. The Kier molecular flexibility index (Phi) is 26.6. The maximum absolute atomic E-state index is 10.3. The molecule has 0 aliphatic heterocycles. The second-order valence-corrected chi connectivity index (χ2v) is 2.00.